The highest BCUT2D eigenvalue weighted by Crippen LogP contribution is 2.33. The Morgan fingerprint density at radius 3 is 2.48 bits per heavy atom. The fourth-order valence-electron chi connectivity index (χ4n) is 2.27. The first kappa shape index (κ1) is 15.6. The number of halogens is 2. The van der Waals surface area contributed by atoms with Crippen LogP contribution >= 0.6 is 15.9 Å². The first-order chi connectivity index (χ1) is 9.99. The standard InChI is InChI=1S/C16H15BrFNO2/c1-11(16(17)13-5-3-2-4-6-13)9-12-7-8-15(19(20)21)14(18)10-12/h2-8,10-11,16H,9H2,1H3. The maximum atomic E-state index is 13.6. The zero-order valence-electron chi connectivity index (χ0n) is 11.5. The first-order valence-electron chi connectivity index (χ1n) is 6.61. The molecule has 0 fully saturated rings. The third-order valence-corrected chi connectivity index (χ3v) is 4.82. The Labute approximate surface area is 131 Å². The molecule has 0 aliphatic heterocycles. The van der Waals surface area contributed by atoms with E-state index >= 15 is 0 Å². The van der Waals surface area contributed by atoms with Gasteiger partial charge < -0.3 is 0 Å². The average molecular weight is 352 g/mol. The van der Waals surface area contributed by atoms with E-state index < -0.39 is 16.4 Å². The van der Waals surface area contributed by atoms with Crippen molar-refractivity contribution in [2.24, 2.45) is 5.92 Å². The fraction of sp³-hybridized carbons (Fsp3) is 0.250. The Bertz CT molecular complexity index is 633. The summed E-state index contributed by atoms with van der Waals surface area (Å²) in [6.07, 6.45) is 0.639. The molecule has 0 spiro atoms. The summed E-state index contributed by atoms with van der Waals surface area (Å²) in [6.45, 7) is 2.06. The molecule has 0 amide bonds. The zero-order valence-corrected chi connectivity index (χ0v) is 13.1. The SMILES string of the molecule is CC(Cc1ccc([N+](=O)[O-])c(F)c1)C(Br)c1ccccc1. The van der Waals surface area contributed by atoms with Crippen molar-refractivity contribution in [3.05, 3.63) is 75.6 Å². The summed E-state index contributed by atoms with van der Waals surface area (Å²) < 4.78 is 13.6. The van der Waals surface area contributed by atoms with Crippen molar-refractivity contribution in [1.29, 1.82) is 0 Å². The van der Waals surface area contributed by atoms with Gasteiger partial charge in [0.2, 0.25) is 5.82 Å². The summed E-state index contributed by atoms with van der Waals surface area (Å²) in [5, 5.41) is 10.6. The van der Waals surface area contributed by atoms with Crippen LogP contribution in [0.3, 0.4) is 0 Å². The predicted molar refractivity (Wildman–Crippen MR) is 84.0 cm³/mol. The molecular formula is C16H15BrFNO2. The van der Waals surface area contributed by atoms with Crippen molar-refractivity contribution in [3.63, 3.8) is 0 Å². The van der Waals surface area contributed by atoms with Crippen LogP contribution in [0.25, 0.3) is 0 Å². The minimum atomic E-state index is -0.782. The second kappa shape index (κ2) is 6.80. The smallest absolute Gasteiger partial charge is 0.258 e. The highest BCUT2D eigenvalue weighted by Gasteiger charge is 2.19. The topological polar surface area (TPSA) is 43.1 Å². The maximum Gasteiger partial charge on any atom is 0.304 e. The Morgan fingerprint density at radius 1 is 1.24 bits per heavy atom. The monoisotopic (exact) mass is 351 g/mol. The van der Waals surface area contributed by atoms with E-state index in [9.17, 15) is 14.5 Å². The molecule has 3 nitrogen and oxygen atoms in total. The minimum absolute atomic E-state index is 0.150. The summed E-state index contributed by atoms with van der Waals surface area (Å²) in [5.41, 5.74) is 1.43. The highest BCUT2D eigenvalue weighted by molar-refractivity contribution is 9.09. The van der Waals surface area contributed by atoms with Gasteiger partial charge in [0, 0.05) is 10.9 Å². The number of alkyl halides is 1. The Hall–Kier alpha value is -1.75. The number of benzene rings is 2. The fourth-order valence-corrected chi connectivity index (χ4v) is 2.76. The van der Waals surface area contributed by atoms with Gasteiger partial charge in [-0.15, -0.1) is 0 Å². The highest BCUT2D eigenvalue weighted by atomic mass is 79.9. The van der Waals surface area contributed by atoms with Gasteiger partial charge in [-0.05, 0) is 29.5 Å². The van der Waals surface area contributed by atoms with Crippen LogP contribution in [0.2, 0.25) is 0 Å². The molecule has 2 aromatic carbocycles. The van der Waals surface area contributed by atoms with Crippen LogP contribution in [0, 0.1) is 21.8 Å². The van der Waals surface area contributed by atoms with Crippen LogP contribution in [0.15, 0.2) is 48.5 Å². The van der Waals surface area contributed by atoms with Crippen LogP contribution in [0.1, 0.15) is 22.9 Å². The first-order valence-corrected chi connectivity index (χ1v) is 7.52. The van der Waals surface area contributed by atoms with Gasteiger partial charge in [0.1, 0.15) is 0 Å². The third kappa shape index (κ3) is 3.88. The van der Waals surface area contributed by atoms with Crippen LogP contribution in [0.4, 0.5) is 10.1 Å². The molecule has 21 heavy (non-hydrogen) atoms. The second-order valence-corrected chi connectivity index (χ2v) is 6.02. The number of hydrogen-bond acceptors (Lipinski definition) is 2. The quantitative estimate of drug-likeness (QED) is 0.429. The Kier molecular flexibility index (Phi) is 5.07. The third-order valence-electron chi connectivity index (χ3n) is 3.38. The average Bonchev–Trinajstić information content (AvgIpc) is 2.47. The minimum Gasteiger partial charge on any atom is -0.258 e. The van der Waals surface area contributed by atoms with Crippen molar-refractivity contribution in [1.82, 2.24) is 0 Å². The van der Waals surface area contributed by atoms with Gasteiger partial charge >= 0.3 is 5.69 Å². The van der Waals surface area contributed by atoms with E-state index in [1.807, 2.05) is 30.3 Å². The normalized spacial score (nSPS) is 13.7. The molecule has 2 aromatic rings. The largest absolute Gasteiger partial charge is 0.304 e. The van der Waals surface area contributed by atoms with Gasteiger partial charge in [-0.25, -0.2) is 0 Å². The van der Waals surface area contributed by atoms with Gasteiger partial charge in [0.05, 0.1) is 4.92 Å². The summed E-state index contributed by atoms with van der Waals surface area (Å²) in [4.78, 5) is 10.0. The number of hydrogen-bond donors (Lipinski definition) is 0. The van der Waals surface area contributed by atoms with Crippen molar-refractivity contribution in [2.75, 3.05) is 0 Å². The van der Waals surface area contributed by atoms with Crippen LogP contribution in [0.5, 0.6) is 0 Å². The van der Waals surface area contributed by atoms with Gasteiger partial charge in [0.25, 0.3) is 0 Å². The summed E-state index contributed by atoms with van der Waals surface area (Å²) >= 11 is 3.66. The van der Waals surface area contributed by atoms with Crippen molar-refractivity contribution < 1.29 is 9.31 Å². The molecule has 0 radical (unpaired) electrons. The van der Waals surface area contributed by atoms with Gasteiger partial charge in [-0.2, -0.15) is 4.39 Å². The van der Waals surface area contributed by atoms with E-state index in [1.165, 1.54) is 12.1 Å². The predicted octanol–water partition coefficient (Wildman–Crippen LogP) is 5.05. The number of nitrogens with zero attached hydrogens (tertiary/aromatic N) is 1. The molecular weight excluding hydrogens is 337 g/mol. The summed E-state index contributed by atoms with van der Waals surface area (Å²) in [5.74, 6) is -0.552. The molecule has 0 aliphatic rings. The van der Waals surface area contributed by atoms with Crippen molar-refractivity contribution >= 4 is 21.6 Å². The van der Waals surface area contributed by atoms with E-state index in [2.05, 4.69) is 22.9 Å². The molecule has 0 saturated heterocycles. The molecule has 0 saturated carbocycles. The summed E-state index contributed by atoms with van der Waals surface area (Å²) in [7, 11) is 0. The molecule has 2 unspecified atom stereocenters. The van der Waals surface area contributed by atoms with E-state index in [0.29, 0.717) is 6.42 Å². The van der Waals surface area contributed by atoms with Crippen molar-refractivity contribution in [2.45, 2.75) is 18.2 Å². The second-order valence-electron chi connectivity index (χ2n) is 5.04. The van der Waals surface area contributed by atoms with Gasteiger partial charge in [-0.3, -0.25) is 10.1 Å². The summed E-state index contributed by atoms with van der Waals surface area (Å²) in [6, 6.07) is 14.1. The van der Waals surface area contributed by atoms with E-state index in [-0.39, 0.29) is 10.7 Å². The molecule has 2 rings (SSSR count). The van der Waals surface area contributed by atoms with Crippen LogP contribution in [-0.2, 0) is 6.42 Å². The van der Waals surface area contributed by atoms with E-state index in [1.54, 1.807) is 6.07 Å². The lowest BCUT2D eigenvalue weighted by Crippen LogP contribution is -2.07. The Balaban J connectivity index is 2.11. The molecule has 0 aliphatic carbocycles. The lowest BCUT2D eigenvalue weighted by atomic mass is 9.94. The molecule has 110 valence electrons. The van der Waals surface area contributed by atoms with Gasteiger partial charge in [-0.1, -0.05) is 59.3 Å². The molecule has 0 aromatic heterocycles. The van der Waals surface area contributed by atoms with Crippen LogP contribution in [-0.4, -0.2) is 4.92 Å². The molecule has 0 bridgehead atoms. The maximum absolute atomic E-state index is 13.6. The van der Waals surface area contributed by atoms with Gasteiger partial charge in [0.15, 0.2) is 0 Å². The van der Waals surface area contributed by atoms with E-state index in [4.69, 9.17) is 0 Å². The molecule has 0 N–H and O–H groups in total. The number of rotatable bonds is 5. The molecule has 2 atom stereocenters. The number of nitro groups is 1. The number of nitro benzene ring substituents is 1. The van der Waals surface area contributed by atoms with E-state index in [0.717, 1.165) is 11.1 Å². The van der Waals surface area contributed by atoms with Crippen molar-refractivity contribution in [3.8, 4) is 0 Å². The lowest BCUT2D eigenvalue weighted by Gasteiger charge is -2.18. The molecule has 0 heterocycles. The van der Waals surface area contributed by atoms with Crippen LogP contribution < -0.4 is 0 Å². The zero-order chi connectivity index (χ0) is 15.4. The molecule has 5 heteroatoms. The Morgan fingerprint density at radius 2 is 1.90 bits per heavy atom. The lowest BCUT2D eigenvalue weighted by molar-refractivity contribution is -0.387.